The van der Waals surface area contributed by atoms with Gasteiger partial charge in [0.25, 0.3) is 5.91 Å². The molecule has 1 heterocycles. The van der Waals surface area contributed by atoms with Crippen molar-refractivity contribution in [2.45, 2.75) is 6.10 Å². The van der Waals surface area contributed by atoms with Crippen molar-refractivity contribution in [2.24, 2.45) is 5.73 Å². The maximum atomic E-state index is 11.2. The number of rotatable bonds is 4. The number of carbonyl (C=O) groups excluding carboxylic acids is 2. The van der Waals surface area contributed by atoms with Gasteiger partial charge in [-0.05, 0) is 12.1 Å². The van der Waals surface area contributed by atoms with Gasteiger partial charge in [-0.3, -0.25) is 9.59 Å². The lowest BCUT2D eigenvalue weighted by atomic mass is 10.3. The van der Waals surface area contributed by atoms with Gasteiger partial charge in [0.05, 0.1) is 6.54 Å². The van der Waals surface area contributed by atoms with E-state index in [2.05, 4.69) is 10.3 Å². The predicted octanol–water partition coefficient (Wildman–Crippen LogP) is -1.41. The molecule has 0 aliphatic carbocycles. The van der Waals surface area contributed by atoms with Crippen molar-refractivity contribution < 1.29 is 14.7 Å². The molecule has 0 aromatic carbocycles. The number of aromatic amines is 1. The molecule has 0 saturated carbocycles. The molecular formula is C8H11N3O3. The quantitative estimate of drug-likeness (QED) is 0.476. The van der Waals surface area contributed by atoms with Crippen LogP contribution in [0.2, 0.25) is 0 Å². The van der Waals surface area contributed by atoms with Crippen molar-refractivity contribution in [2.75, 3.05) is 6.54 Å². The zero-order valence-corrected chi connectivity index (χ0v) is 7.36. The molecule has 1 rings (SSSR count). The first-order chi connectivity index (χ1) is 6.61. The predicted molar refractivity (Wildman–Crippen MR) is 48.3 cm³/mol. The number of aliphatic hydroxyl groups is 1. The Balaban J connectivity index is 2.40. The summed E-state index contributed by atoms with van der Waals surface area (Å²) in [7, 11) is 0. The Labute approximate surface area is 80.1 Å². The van der Waals surface area contributed by atoms with E-state index in [1.54, 1.807) is 18.3 Å². The molecule has 0 fully saturated rings. The smallest absolute Gasteiger partial charge is 0.267 e. The molecule has 0 radical (unpaired) electrons. The molecule has 0 aliphatic rings. The third kappa shape index (κ3) is 2.60. The van der Waals surface area contributed by atoms with E-state index in [4.69, 9.17) is 10.8 Å². The third-order valence-corrected chi connectivity index (χ3v) is 1.63. The van der Waals surface area contributed by atoms with E-state index in [1.165, 1.54) is 0 Å². The van der Waals surface area contributed by atoms with Gasteiger partial charge in [0.15, 0.2) is 0 Å². The molecule has 0 aliphatic heterocycles. The monoisotopic (exact) mass is 197 g/mol. The molecule has 0 spiro atoms. The highest BCUT2D eigenvalue weighted by molar-refractivity contribution is 5.92. The molecule has 0 saturated heterocycles. The topological polar surface area (TPSA) is 108 Å². The highest BCUT2D eigenvalue weighted by atomic mass is 16.3. The van der Waals surface area contributed by atoms with Crippen LogP contribution >= 0.6 is 0 Å². The van der Waals surface area contributed by atoms with Crippen LogP contribution in [0.1, 0.15) is 10.5 Å². The van der Waals surface area contributed by atoms with Gasteiger partial charge in [-0.1, -0.05) is 0 Å². The summed E-state index contributed by atoms with van der Waals surface area (Å²) < 4.78 is 0. The van der Waals surface area contributed by atoms with Gasteiger partial charge in [-0.25, -0.2) is 0 Å². The lowest BCUT2D eigenvalue weighted by Gasteiger charge is -2.07. The van der Waals surface area contributed by atoms with Crippen LogP contribution in [0.4, 0.5) is 0 Å². The summed E-state index contributed by atoms with van der Waals surface area (Å²) in [4.78, 5) is 24.3. The molecule has 1 atom stereocenters. The molecule has 1 aromatic rings. The summed E-state index contributed by atoms with van der Waals surface area (Å²) in [5.41, 5.74) is 5.16. The van der Waals surface area contributed by atoms with Crippen LogP contribution in [0.3, 0.4) is 0 Å². The first-order valence-electron chi connectivity index (χ1n) is 4.00. The highest BCUT2D eigenvalue weighted by Crippen LogP contribution is 1.93. The zero-order valence-electron chi connectivity index (χ0n) is 7.36. The maximum Gasteiger partial charge on any atom is 0.267 e. The van der Waals surface area contributed by atoms with Gasteiger partial charge in [0, 0.05) is 6.20 Å². The Morgan fingerprint density at radius 2 is 2.36 bits per heavy atom. The number of hydrogen-bond acceptors (Lipinski definition) is 3. The standard InChI is InChI=1S/C8H11N3O3/c9-7(13)6(12)4-11-8(14)5-2-1-3-10-5/h1-3,6,10,12H,4H2,(H2,9,13)(H,11,14). The molecule has 6 heteroatoms. The van der Waals surface area contributed by atoms with Gasteiger partial charge >= 0.3 is 0 Å². The van der Waals surface area contributed by atoms with E-state index < -0.39 is 17.9 Å². The van der Waals surface area contributed by atoms with Gasteiger partial charge in [-0.15, -0.1) is 0 Å². The average Bonchev–Trinajstić information content (AvgIpc) is 2.66. The second kappa shape index (κ2) is 4.43. The fourth-order valence-electron chi connectivity index (χ4n) is 0.857. The number of carbonyl (C=O) groups is 2. The number of H-pyrrole nitrogens is 1. The van der Waals surface area contributed by atoms with E-state index in [0.717, 1.165) is 0 Å². The van der Waals surface area contributed by atoms with E-state index in [9.17, 15) is 9.59 Å². The Morgan fingerprint density at radius 3 is 2.86 bits per heavy atom. The van der Waals surface area contributed by atoms with Crippen LogP contribution in [-0.2, 0) is 4.79 Å². The zero-order chi connectivity index (χ0) is 10.6. The highest BCUT2D eigenvalue weighted by Gasteiger charge is 2.13. The largest absolute Gasteiger partial charge is 0.381 e. The lowest BCUT2D eigenvalue weighted by molar-refractivity contribution is -0.125. The number of hydrogen-bond donors (Lipinski definition) is 4. The molecule has 6 nitrogen and oxygen atoms in total. The van der Waals surface area contributed by atoms with Crippen molar-refractivity contribution in [3.63, 3.8) is 0 Å². The van der Waals surface area contributed by atoms with E-state index in [0.29, 0.717) is 5.69 Å². The Morgan fingerprint density at radius 1 is 1.64 bits per heavy atom. The molecular weight excluding hydrogens is 186 g/mol. The van der Waals surface area contributed by atoms with Gasteiger partial charge < -0.3 is 21.1 Å². The van der Waals surface area contributed by atoms with Crippen LogP contribution in [0.15, 0.2) is 18.3 Å². The first-order valence-corrected chi connectivity index (χ1v) is 4.00. The lowest BCUT2D eigenvalue weighted by Crippen LogP contribution is -2.40. The normalized spacial score (nSPS) is 12.1. The van der Waals surface area contributed by atoms with Crippen molar-refractivity contribution in [1.29, 1.82) is 0 Å². The Kier molecular flexibility index (Phi) is 3.24. The summed E-state index contributed by atoms with van der Waals surface area (Å²) in [6.45, 7) is -0.187. The number of aromatic nitrogens is 1. The van der Waals surface area contributed by atoms with Crippen molar-refractivity contribution in [3.05, 3.63) is 24.0 Å². The average molecular weight is 197 g/mol. The number of amides is 2. The third-order valence-electron chi connectivity index (χ3n) is 1.63. The maximum absolute atomic E-state index is 11.2. The van der Waals surface area contributed by atoms with Crippen LogP contribution in [-0.4, -0.2) is 34.6 Å². The summed E-state index contributed by atoms with van der Waals surface area (Å²) in [5, 5.41) is 11.3. The molecule has 14 heavy (non-hydrogen) atoms. The second-order valence-corrected chi connectivity index (χ2v) is 2.71. The van der Waals surface area contributed by atoms with E-state index >= 15 is 0 Å². The van der Waals surface area contributed by atoms with Gasteiger partial charge in [0.2, 0.25) is 5.91 Å². The molecule has 5 N–H and O–H groups in total. The van der Waals surface area contributed by atoms with Crippen molar-refractivity contribution >= 4 is 11.8 Å². The summed E-state index contributed by atoms with van der Waals surface area (Å²) in [5.74, 6) is -1.26. The van der Waals surface area contributed by atoms with Crippen LogP contribution < -0.4 is 11.1 Å². The van der Waals surface area contributed by atoms with Crippen LogP contribution in [0, 0.1) is 0 Å². The summed E-state index contributed by atoms with van der Waals surface area (Å²) >= 11 is 0. The Hall–Kier alpha value is -1.82. The SMILES string of the molecule is NC(=O)C(O)CNC(=O)c1ccc[nH]1. The number of primary amides is 1. The van der Waals surface area contributed by atoms with Crippen molar-refractivity contribution in [3.8, 4) is 0 Å². The van der Waals surface area contributed by atoms with Crippen LogP contribution in [0.5, 0.6) is 0 Å². The molecule has 76 valence electrons. The molecule has 0 bridgehead atoms. The number of aliphatic hydroxyl groups excluding tert-OH is 1. The van der Waals surface area contributed by atoms with Crippen LogP contribution in [0.25, 0.3) is 0 Å². The molecule has 1 aromatic heterocycles. The Bertz CT molecular complexity index is 321. The number of nitrogens with two attached hydrogens (primary N) is 1. The van der Waals surface area contributed by atoms with E-state index in [-0.39, 0.29) is 6.54 Å². The second-order valence-electron chi connectivity index (χ2n) is 2.71. The summed E-state index contributed by atoms with van der Waals surface area (Å²) in [6.07, 6.45) is 0.244. The minimum Gasteiger partial charge on any atom is -0.381 e. The molecule has 2 amide bonds. The number of nitrogens with one attached hydrogen (secondary N) is 2. The van der Waals surface area contributed by atoms with Gasteiger partial charge in [0.1, 0.15) is 11.8 Å². The summed E-state index contributed by atoms with van der Waals surface area (Å²) in [6, 6.07) is 3.24. The van der Waals surface area contributed by atoms with Crippen molar-refractivity contribution in [1.82, 2.24) is 10.3 Å². The fraction of sp³-hybridized carbons (Fsp3) is 0.250. The first kappa shape index (κ1) is 10.3. The van der Waals surface area contributed by atoms with Gasteiger partial charge in [-0.2, -0.15) is 0 Å². The molecule has 1 unspecified atom stereocenters. The fourth-order valence-corrected chi connectivity index (χ4v) is 0.857. The minimum atomic E-state index is -1.35. The van der Waals surface area contributed by atoms with E-state index in [1.807, 2.05) is 0 Å². The minimum absolute atomic E-state index is 0.187.